The lowest BCUT2D eigenvalue weighted by Crippen LogP contribution is -2.46. The maximum Gasteiger partial charge on any atom is 0.295 e. The van der Waals surface area contributed by atoms with Crippen LogP contribution in [0.3, 0.4) is 0 Å². The Morgan fingerprint density at radius 2 is 1.43 bits per heavy atom. The molecule has 2 aromatic carbocycles. The number of hydrogen-bond acceptors (Lipinski definition) is 4. The lowest BCUT2D eigenvalue weighted by Gasteiger charge is -2.37. The van der Waals surface area contributed by atoms with Crippen LogP contribution >= 0.6 is 0 Å². The molecule has 1 aliphatic heterocycles. The molecule has 5 nitrogen and oxygen atoms in total. The van der Waals surface area contributed by atoms with Crippen LogP contribution < -0.4 is 9.80 Å². The highest BCUT2D eigenvalue weighted by Gasteiger charge is 2.24. The van der Waals surface area contributed by atoms with Crippen molar-refractivity contribution in [2.45, 2.75) is 0 Å². The summed E-state index contributed by atoms with van der Waals surface area (Å²) >= 11 is 0. The van der Waals surface area contributed by atoms with Crippen molar-refractivity contribution in [3.8, 4) is 0 Å². The minimum atomic E-state index is -0.620. The summed E-state index contributed by atoms with van der Waals surface area (Å²) in [5.41, 5.74) is 1.12. The van der Waals surface area contributed by atoms with Crippen molar-refractivity contribution in [2.75, 3.05) is 36.0 Å². The predicted octanol–water partition coefficient (Wildman–Crippen LogP) is 3.20. The van der Waals surface area contributed by atoms with Crippen LogP contribution in [0.5, 0.6) is 0 Å². The average Bonchev–Trinajstić information content (AvgIpc) is 2.56. The Labute approximate surface area is 131 Å². The first kappa shape index (κ1) is 15.2. The molecule has 0 aliphatic carbocycles. The first-order chi connectivity index (χ1) is 11.0. The number of rotatable bonds is 3. The molecule has 0 unspecified atom stereocenters. The number of nitro benzene ring substituents is 1. The number of nitro groups is 1. The summed E-state index contributed by atoms with van der Waals surface area (Å²) in [5.74, 6) is -0.903. The zero-order valence-corrected chi connectivity index (χ0v) is 12.3. The molecule has 0 amide bonds. The van der Waals surface area contributed by atoms with Gasteiger partial charge in [0.05, 0.1) is 11.0 Å². The molecular weight excluding hydrogens is 304 g/mol. The maximum absolute atomic E-state index is 13.2. The van der Waals surface area contributed by atoms with Crippen molar-refractivity contribution in [3.05, 3.63) is 64.2 Å². The molecule has 0 bridgehead atoms. The lowest BCUT2D eigenvalue weighted by atomic mass is 10.2. The topological polar surface area (TPSA) is 49.6 Å². The van der Waals surface area contributed by atoms with Crippen LogP contribution in [0.1, 0.15) is 0 Å². The predicted molar refractivity (Wildman–Crippen MR) is 83.9 cm³/mol. The monoisotopic (exact) mass is 319 g/mol. The third-order valence-electron chi connectivity index (χ3n) is 3.95. The second-order valence-electron chi connectivity index (χ2n) is 5.34. The van der Waals surface area contributed by atoms with E-state index in [1.165, 1.54) is 24.3 Å². The summed E-state index contributed by atoms with van der Waals surface area (Å²) in [6.45, 7) is 2.45. The zero-order valence-electron chi connectivity index (χ0n) is 12.3. The van der Waals surface area contributed by atoms with E-state index in [-0.39, 0.29) is 11.5 Å². The van der Waals surface area contributed by atoms with Crippen molar-refractivity contribution in [2.24, 2.45) is 0 Å². The molecular formula is C16H15F2N3O2. The van der Waals surface area contributed by atoms with Gasteiger partial charge < -0.3 is 9.80 Å². The van der Waals surface area contributed by atoms with E-state index in [2.05, 4.69) is 4.90 Å². The Morgan fingerprint density at radius 3 is 2.04 bits per heavy atom. The molecule has 1 heterocycles. The highest BCUT2D eigenvalue weighted by atomic mass is 19.1. The Balaban J connectivity index is 1.74. The average molecular weight is 319 g/mol. The molecule has 7 heteroatoms. The van der Waals surface area contributed by atoms with E-state index in [4.69, 9.17) is 0 Å². The quantitative estimate of drug-likeness (QED) is 0.644. The highest BCUT2D eigenvalue weighted by Crippen LogP contribution is 2.30. The molecule has 0 saturated carbocycles. The SMILES string of the molecule is O=[N+]([O-])c1cc(F)ccc1N1CCN(c2ccc(F)cc2)CC1. The summed E-state index contributed by atoms with van der Waals surface area (Å²) < 4.78 is 26.2. The van der Waals surface area contributed by atoms with Gasteiger partial charge in [0.2, 0.25) is 0 Å². The van der Waals surface area contributed by atoms with Gasteiger partial charge in [-0.05, 0) is 36.4 Å². The fraction of sp³-hybridized carbons (Fsp3) is 0.250. The van der Waals surface area contributed by atoms with Gasteiger partial charge in [-0.25, -0.2) is 8.78 Å². The van der Waals surface area contributed by atoms with Crippen molar-refractivity contribution >= 4 is 17.1 Å². The molecule has 120 valence electrons. The lowest BCUT2D eigenvalue weighted by molar-refractivity contribution is -0.384. The van der Waals surface area contributed by atoms with E-state index in [1.54, 1.807) is 12.1 Å². The second kappa shape index (κ2) is 6.20. The highest BCUT2D eigenvalue weighted by molar-refractivity contribution is 5.64. The fourth-order valence-electron chi connectivity index (χ4n) is 2.77. The Kier molecular flexibility index (Phi) is 4.10. The zero-order chi connectivity index (χ0) is 16.4. The third kappa shape index (κ3) is 3.23. The second-order valence-corrected chi connectivity index (χ2v) is 5.34. The van der Waals surface area contributed by atoms with Crippen LogP contribution in [-0.4, -0.2) is 31.1 Å². The first-order valence-corrected chi connectivity index (χ1v) is 7.24. The van der Waals surface area contributed by atoms with Gasteiger partial charge in [0.25, 0.3) is 5.69 Å². The van der Waals surface area contributed by atoms with Crippen LogP contribution in [0.4, 0.5) is 25.8 Å². The molecule has 0 spiro atoms. The van der Waals surface area contributed by atoms with E-state index in [9.17, 15) is 18.9 Å². The van der Waals surface area contributed by atoms with Crippen molar-refractivity contribution < 1.29 is 13.7 Å². The molecule has 0 aromatic heterocycles. The number of anilines is 2. The summed E-state index contributed by atoms with van der Waals surface area (Å²) in [6, 6.07) is 9.87. The van der Waals surface area contributed by atoms with Gasteiger partial charge in [0.15, 0.2) is 0 Å². The van der Waals surface area contributed by atoms with Crippen molar-refractivity contribution in [1.29, 1.82) is 0 Å². The molecule has 0 radical (unpaired) electrons. The van der Waals surface area contributed by atoms with E-state index in [1.807, 2.05) is 4.90 Å². The Hall–Kier alpha value is -2.70. The van der Waals surface area contributed by atoms with Crippen LogP contribution in [0.15, 0.2) is 42.5 Å². The van der Waals surface area contributed by atoms with Gasteiger partial charge in [-0.3, -0.25) is 10.1 Å². The Morgan fingerprint density at radius 1 is 0.870 bits per heavy atom. The van der Waals surface area contributed by atoms with Gasteiger partial charge in [0.1, 0.15) is 17.3 Å². The number of piperazine rings is 1. The molecule has 0 atom stereocenters. The summed E-state index contributed by atoms with van der Waals surface area (Å²) in [5, 5.41) is 11.1. The van der Waals surface area contributed by atoms with Crippen LogP contribution in [-0.2, 0) is 0 Å². The summed E-state index contributed by atoms with van der Waals surface area (Å²) in [7, 11) is 0. The van der Waals surface area contributed by atoms with Crippen molar-refractivity contribution in [1.82, 2.24) is 0 Å². The van der Waals surface area contributed by atoms with E-state index in [0.29, 0.717) is 31.9 Å². The first-order valence-electron chi connectivity index (χ1n) is 7.24. The Bertz CT molecular complexity index is 714. The maximum atomic E-state index is 13.2. The normalized spacial score (nSPS) is 14.9. The van der Waals surface area contributed by atoms with Gasteiger partial charge in [0, 0.05) is 31.9 Å². The van der Waals surface area contributed by atoms with E-state index >= 15 is 0 Å². The smallest absolute Gasteiger partial charge is 0.295 e. The van der Waals surface area contributed by atoms with Gasteiger partial charge in [-0.15, -0.1) is 0 Å². The third-order valence-corrected chi connectivity index (χ3v) is 3.95. The van der Waals surface area contributed by atoms with Gasteiger partial charge in [-0.1, -0.05) is 0 Å². The molecule has 3 rings (SSSR count). The fourth-order valence-corrected chi connectivity index (χ4v) is 2.77. The van der Waals surface area contributed by atoms with Gasteiger partial charge in [-0.2, -0.15) is 0 Å². The molecule has 2 aromatic rings. The van der Waals surface area contributed by atoms with Gasteiger partial charge >= 0.3 is 0 Å². The number of hydrogen-bond donors (Lipinski definition) is 0. The molecule has 1 saturated heterocycles. The number of nitrogens with zero attached hydrogens (tertiary/aromatic N) is 3. The largest absolute Gasteiger partial charge is 0.368 e. The minimum Gasteiger partial charge on any atom is -0.368 e. The molecule has 0 N–H and O–H groups in total. The number of halogens is 2. The van der Waals surface area contributed by atoms with Crippen LogP contribution in [0, 0.1) is 21.7 Å². The standard InChI is InChI=1S/C16H15F2N3O2/c17-12-1-4-14(5-2-12)19-7-9-20(10-8-19)15-6-3-13(18)11-16(15)21(22)23/h1-6,11H,7-10H2. The van der Waals surface area contributed by atoms with E-state index < -0.39 is 10.7 Å². The van der Waals surface area contributed by atoms with E-state index in [0.717, 1.165) is 11.8 Å². The summed E-state index contributed by atoms with van der Waals surface area (Å²) in [6.07, 6.45) is 0. The van der Waals surface area contributed by atoms with Crippen LogP contribution in [0.25, 0.3) is 0 Å². The molecule has 1 aliphatic rings. The number of benzene rings is 2. The van der Waals surface area contributed by atoms with Crippen molar-refractivity contribution in [3.63, 3.8) is 0 Å². The molecule has 1 fully saturated rings. The molecule has 23 heavy (non-hydrogen) atoms. The van der Waals surface area contributed by atoms with Crippen LogP contribution in [0.2, 0.25) is 0 Å². The summed E-state index contributed by atoms with van der Waals surface area (Å²) in [4.78, 5) is 14.5. The minimum absolute atomic E-state index is 0.222.